The van der Waals surface area contributed by atoms with E-state index >= 15 is 0 Å². The molecule has 0 bridgehead atoms. The maximum Gasteiger partial charge on any atom is 0.128 e. The summed E-state index contributed by atoms with van der Waals surface area (Å²) in [5.74, 6) is 1.55. The van der Waals surface area contributed by atoms with E-state index in [0.717, 1.165) is 66.4 Å². The Labute approximate surface area is 233 Å². The minimum Gasteiger partial charge on any atom is -0.488 e. The third kappa shape index (κ3) is 5.28. The predicted octanol–water partition coefficient (Wildman–Crippen LogP) is 7.80. The molecule has 0 amide bonds. The highest BCUT2D eigenvalue weighted by Gasteiger charge is 2.19. The van der Waals surface area contributed by atoms with E-state index in [9.17, 15) is 10.2 Å². The second kappa shape index (κ2) is 11.6. The molecule has 0 fully saturated rings. The molecule has 0 atom stereocenters. The molecule has 6 aromatic rings. The highest BCUT2D eigenvalue weighted by molar-refractivity contribution is 6.09. The molecular formula is C36H30O4. The lowest BCUT2D eigenvalue weighted by molar-refractivity contribution is 0.281. The summed E-state index contributed by atoms with van der Waals surface area (Å²) in [5.41, 5.74) is 5.78. The number of rotatable bonds is 9. The molecular weight excluding hydrogens is 496 g/mol. The van der Waals surface area contributed by atoms with Gasteiger partial charge in [0.2, 0.25) is 0 Å². The fourth-order valence-electron chi connectivity index (χ4n) is 5.06. The molecule has 0 aromatic heterocycles. The Morgan fingerprint density at radius 2 is 0.775 bits per heavy atom. The van der Waals surface area contributed by atoms with Gasteiger partial charge in [-0.25, -0.2) is 0 Å². The zero-order valence-electron chi connectivity index (χ0n) is 22.1. The van der Waals surface area contributed by atoms with Gasteiger partial charge in [0, 0.05) is 11.1 Å². The van der Waals surface area contributed by atoms with Crippen molar-refractivity contribution in [2.45, 2.75) is 26.4 Å². The van der Waals surface area contributed by atoms with Crippen LogP contribution in [0.3, 0.4) is 0 Å². The minimum absolute atomic E-state index is 0.0192. The van der Waals surface area contributed by atoms with Crippen molar-refractivity contribution < 1.29 is 19.7 Å². The Morgan fingerprint density at radius 1 is 0.400 bits per heavy atom. The summed E-state index contributed by atoms with van der Waals surface area (Å²) in [7, 11) is 0. The van der Waals surface area contributed by atoms with Crippen molar-refractivity contribution in [3.05, 3.63) is 144 Å². The van der Waals surface area contributed by atoms with E-state index < -0.39 is 0 Å². The van der Waals surface area contributed by atoms with Crippen LogP contribution in [0.5, 0.6) is 11.5 Å². The van der Waals surface area contributed by atoms with Crippen LogP contribution < -0.4 is 9.47 Å². The molecule has 6 rings (SSSR count). The number of ether oxygens (including phenoxy) is 2. The molecule has 0 aliphatic heterocycles. The normalized spacial score (nSPS) is 11.2. The summed E-state index contributed by atoms with van der Waals surface area (Å²) in [6.07, 6.45) is 0. The lowest BCUT2D eigenvalue weighted by Crippen LogP contribution is -2.01. The fourth-order valence-corrected chi connectivity index (χ4v) is 5.06. The second-order valence-corrected chi connectivity index (χ2v) is 9.85. The molecule has 40 heavy (non-hydrogen) atoms. The number of hydrogen-bond donors (Lipinski definition) is 2. The van der Waals surface area contributed by atoms with Crippen molar-refractivity contribution in [2.24, 2.45) is 0 Å². The van der Waals surface area contributed by atoms with Gasteiger partial charge in [-0.05, 0) is 55.9 Å². The summed E-state index contributed by atoms with van der Waals surface area (Å²) >= 11 is 0. The van der Waals surface area contributed by atoms with Gasteiger partial charge in [0.1, 0.15) is 24.7 Å². The lowest BCUT2D eigenvalue weighted by Gasteiger charge is -2.20. The first kappa shape index (κ1) is 25.6. The SMILES string of the molecule is OCc1ccc(COc2ccc3ccccc3c2-c2c(OCc3ccc(CO)cc3)ccc3ccccc23)cc1. The summed E-state index contributed by atoms with van der Waals surface area (Å²) in [6, 6.07) is 40.6. The topological polar surface area (TPSA) is 58.9 Å². The Hall–Kier alpha value is -4.64. The standard InChI is InChI=1S/C36H30O4/c37-21-25-9-13-27(14-10-25)23-39-33-19-17-29-5-1-3-7-31(29)35(33)36-32-8-4-2-6-30(32)18-20-34(36)40-24-28-15-11-26(22-38)12-16-28/h1-20,37-38H,21-24H2. The third-order valence-electron chi connectivity index (χ3n) is 7.23. The average molecular weight is 527 g/mol. The van der Waals surface area contributed by atoms with Crippen LogP contribution in [-0.4, -0.2) is 10.2 Å². The third-order valence-corrected chi connectivity index (χ3v) is 7.23. The molecule has 0 aliphatic rings. The monoisotopic (exact) mass is 526 g/mol. The number of aliphatic hydroxyl groups excluding tert-OH is 2. The largest absolute Gasteiger partial charge is 0.488 e. The molecule has 198 valence electrons. The quantitative estimate of drug-likeness (QED) is 0.202. The van der Waals surface area contributed by atoms with Crippen molar-refractivity contribution in [1.82, 2.24) is 0 Å². The molecule has 4 heteroatoms. The summed E-state index contributed by atoms with van der Waals surface area (Å²) < 4.78 is 13.0. The zero-order chi connectivity index (χ0) is 27.3. The lowest BCUT2D eigenvalue weighted by atomic mass is 9.92. The van der Waals surface area contributed by atoms with E-state index in [1.54, 1.807) is 0 Å². The first-order chi connectivity index (χ1) is 19.7. The predicted molar refractivity (Wildman–Crippen MR) is 160 cm³/mol. The molecule has 0 heterocycles. The van der Waals surface area contributed by atoms with Crippen LogP contribution in [0.2, 0.25) is 0 Å². The van der Waals surface area contributed by atoms with E-state index in [0.29, 0.717) is 13.2 Å². The highest BCUT2D eigenvalue weighted by atomic mass is 16.5. The van der Waals surface area contributed by atoms with Crippen molar-refractivity contribution in [1.29, 1.82) is 0 Å². The van der Waals surface area contributed by atoms with Crippen LogP contribution >= 0.6 is 0 Å². The summed E-state index contributed by atoms with van der Waals surface area (Å²) in [6.45, 7) is 0.835. The number of hydrogen-bond acceptors (Lipinski definition) is 4. The Kier molecular flexibility index (Phi) is 7.45. The molecule has 2 N–H and O–H groups in total. The van der Waals surface area contributed by atoms with Crippen LogP contribution in [0, 0.1) is 0 Å². The fraction of sp³-hybridized carbons (Fsp3) is 0.111. The maximum atomic E-state index is 9.40. The Balaban J connectivity index is 1.46. The van der Waals surface area contributed by atoms with Crippen LogP contribution in [0.25, 0.3) is 32.7 Å². The summed E-state index contributed by atoms with van der Waals surface area (Å²) in [5, 5.41) is 23.2. The Bertz CT molecular complexity index is 1620. The molecule has 0 spiro atoms. The van der Waals surface area contributed by atoms with Gasteiger partial charge in [-0.2, -0.15) is 0 Å². The summed E-state index contributed by atoms with van der Waals surface area (Å²) in [4.78, 5) is 0. The van der Waals surface area contributed by atoms with Gasteiger partial charge in [0.25, 0.3) is 0 Å². The number of benzene rings is 6. The van der Waals surface area contributed by atoms with Crippen molar-refractivity contribution in [3.63, 3.8) is 0 Å². The van der Waals surface area contributed by atoms with Crippen LogP contribution in [0.4, 0.5) is 0 Å². The van der Waals surface area contributed by atoms with Crippen LogP contribution in [-0.2, 0) is 26.4 Å². The van der Waals surface area contributed by atoms with Gasteiger partial charge in [-0.3, -0.25) is 0 Å². The Morgan fingerprint density at radius 3 is 1.18 bits per heavy atom. The van der Waals surface area contributed by atoms with E-state index in [4.69, 9.17) is 9.47 Å². The van der Waals surface area contributed by atoms with Gasteiger partial charge in [-0.1, -0.05) is 109 Å². The van der Waals surface area contributed by atoms with Crippen molar-refractivity contribution in [3.8, 4) is 22.6 Å². The number of fused-ring (bicyclic) bond motifs is 2. The molecule has 0 saturated heterocycles. The molecule has 0 saturated carbocycles. The molecule has 0 aliphatic carbocycles. The zero-order valence-corrected chi connectivity index (χ0v) is 22.1. The van der Waals surface area contributed by atoms with Crippen LogP contribution in [0.15, 0.2) is 121 Å². The minimum atomic E-state index is 0.0192. The smallest absolute Gasteiger partial charge is 0.128 e. The van der Waals surface area contributed by atoms with Gasteiger partial charge in [0.15, 0.2) is 0 Å². The van der Waals surface area contributed by atoms with Crippen molar-refractivity contribution in [2.75, 3.05) is 0 Å². The average Bonchev–Trinajstić information content (AvgIpc) is 3.03. The highest BCUT2D eigenvalue weighted by Crippen LogP contribution is 2.45. The molecule has 0 radical (unpaired) electrons. The molecule has 6 aromatic carbocycles. The molecule has 0 unspecified atom stereocenters. The molecule has 4 nitrogen and oxygen atoms in total. The van der Waals surface area contributed by atoms with E-state index in [1.165, 1.54) is 0 Å². The van der Waals surface area contributed by atoms with Crippen LogP contribution in [0.1, 0.15) is 22.3 Å². The van der Waals surface area contributed by atoms with Crippen molar-refractivity contribution >= 4 is 21.5 Å². The first-order valence-electron chi connectivity index (χ1n) is 13.4. The van der Waals surface area contributed by atoms with E-state index in [2.05, 4.69) is 48.5 Å². The van der Waals surface area contributed by atoms with Gasteiger partial charge >= 0.3 is 0 Å². The maximum absolute atomic E-state index is 9.40. The first-order valence-corrected chi connectivity index (χ1v) is 13.4. The van der Waals surface area contributed by atoms with Gasteiger partial charge < -0.3 is 19.7 Å². The van der Waals surface area contributed by atoms with E-state index in [-0.39, 0.29) is 13.2 Å². The van der Waals surface area contributed by atoms with Gasteiger partial charge in [0.05, 0.1) is 13.2 Å². The van der Waals surface area contributed by atoms with Gasteiger partial charge in [-0.15, -0.1) is 0 Å². The number of aliphatic hydroxyl groups is 2. The van der Waals surface area contributed by atoms with E-state index in [1.807, 2.05) is 72.8 Å². The second-order valence-electron chi connectivity index (χ2n) is 9.85.